The highest BCUT2D eigenvalue weighted by Gasteiger charge is 2.23. The van der Waals surface area contributed by atoms with Crippen molar-refractivity contribution >= 4 is 13.7 Å². The number of aliphatic hydroxyl groups is 1. The van der Waals surface area contributed by atoms with E-state index in [0.29, 0.717) is 17.4 Å². The van der Waals surface area contributed by atoms with Gasteiger partial charge in [0.15, 0.2) is 0 Å². The Hall–Kier alpha value is -0.760. The van der Waals surface area contributed by atoms with Gasteiger partial charge in [-0.25, -0.2) is 0 Å². The number of phosphoric acid groups is 1. The van der Waals surface area contributed by atoms with Gasteiger partial charge in [0.05, 0.1) is 39.9 Å². The minimum atomic E-state index is -4.59. The third kappa shape index (κ3) is 50.9. The van der Waals surface area contributed by atoms with E-state index in [4.69, 9.17) is 9.05 Å². The Morgan fingerprint density at radius 3 is 1.15 bits per heavy atom. The maximum Gasteiger partial charge on any atom is 0.268 e. The number of likely N-dealkylation sites (N-methyl/N-ethyl adjacent to an activating group) is 1. The molecule has 0 radical (unpaired) electrons. The number of hydrogen-bond donors (Lipinski definition) is 2. The smallest absolute Gasteiger partial charge is 0.268 e. The van der Waals surface area contributed by atoms with Crippen molar-refractivity contribution in [2.45, 2.75) is 302 Å². The van der Waals surface area contributed by atoms with E-state index < -0.39 is 20.0 Å². The van der Waals surface area contributed by atoms with Gasteiger partial charge in [-0.1, -0.05) is 276 Å². The zero-order chi connectivity index (χ0) is 47.8. The number of rotatable bonds is 53. The lowest BCUT2D eigenvalue weighted by Gasteiger charge is -2.29. The van der Waals surface area contributed by atoms with Crippen LogP contribution in [0.4, 0.5) is 0 Å². The second kappa shape index (κ2) is 48.3. The molecule has 0 aromatic heterocycles. The van der Waals surface area contributed by atoms with Gasteiger partial charge in [-0.15, -0.1) is 0 Å². The maximum atomic E-state index is 12.9. The number of unbranched alkanes of at least 4 members (excludes halogenated alkanes) is 40. The van der Waals surface area contributed by atoms with E-state index in [1.807, 2.05) is 27.2 Å². The van der Waals surface area contributed by atoms with Gasteiger partial charge < -0.3 is 28.8 Å². The summed E-state index contributed by atoms with van der Waals surface area (Å²) >= 11 is 0. The van der Waals surface area contributed by atoms with Crippen LogP contribution < -0.4 is 10.2 Å². The first kappa shape index (κ1) is 64.2. The molecule has 0 aliphatic heterocycles. The molecule has 0 bridgehead atoms. The number of phosphoric ester groups is 1. The molecule has 0 aromatic carbocycles. The molecule has 0 heterocycles. The largest absolute Gasteiger partial charge is 0.756 e. The van der Waals surface area contributed by atoms with Gasteiger partial charge in [-0.05, 0) is 19.3 Å². The van der Waals surface area contributed by atoms with E-state index in [0.717, 1.165) is 38.5 Å². The van der Waals surface area contributed by atoms with Crippen molar-refractivity contribution in [3.63, 3.8) is 0 Å². The molecule has 3 unspecified atom stereocenters. The first-order valence-electron chi connectivity index (χ1n) is 28.6. The molecule has 65 heavy (non-hydrogen) atoms. The number of amides is 1. The van der Waals surface area contributed by atoms with Crippen molar-refractivity contribution in [1.29, 1.82) is 0 Å². The van der Waals surface area contributed by atoms with Crippen LogP contribution in [0.2, 0.25) is 0 Å². The first-order valence-corrected chi connectivity index (χ1v) is 30.0. The van der Waals surface area contributed by atoms with Gasteiger partial charge >= 0.3 is 0 Å². The van der Waals surface area contributed by atoms with E-state index in [9.17, 15) is 19.4 Å². The molecule has 9 heteroatoms. The van der Waals surface area contributed by atoms with Crippen LogP contribution in [-0.2, 0) is 18.4 Å². The van der Waals surface area contributed by atoms with E-state index in [1.165, 1.54) is 231 Å². The van der Waals surface area contributed by atoms with Crippen molar-refractivity contribution in [2.75, 3.05) is 40.9 Å². The highest BCUT2D eigenvalue weighted by molar-refractivity contribution is 7.45. The van der Waals surface area contributed by atoms with Crippen LogP contribution in [0.15, 0.2) is 12.2 Å². The van der Waals surface area contributed by atoms with Gasteiger partial charge in [0, 0.05) is 6.42 Å². The van der Waals surface area contributed by atoms with E-state index in [2.05, 4.69) is 19.2 Å². The van der Waals surface area contributed by atoms with Crippen LogP contribution in [0.3, 0.4) is 0 Å². The molecule has 0 saturated heterocycles. The maximum absolute atomic E-state index is 12.9. The molecule has 0 fully saturated rings. The molecule has 3 atom stereocenters. The van der Waals surface area contributed by atoms with E-state index in [1.54, 1.807) is 6.08 Å². The lowest BCUT2D eigenvalue weighted by atomic mass is 10.0. The number of nitrogens with one attached hydrogen (secondary N) is 1. The molecule has 2 N–H and O–H groups in total. The second-order valence-corrected chi connectivity index (χ2v) is 22.4. The summed E-state index contributed by atoms with van der Waals surface area (Å²) < 4.78 is 23.3. The van der Waals surface area contributed by atoms with Crippen molar-refractivity contribution in [3.05, 3.63) is 12.2 Å². The van der Waals surface area contributed by atoms with Crippen molar-refractivity contribution in [1.82, 2.24) is 5.32 Å². The fourth-order valence-electron chi connectivity index (χ4n) is 8.74. The van der Waals surface area contributed by atoms with E-state index >= 15 is 0 Å². The molecule has 0 aromatic rings. The molecule has 0 saturated carbocycles. The Bertz CT molecular complexity index is 1070. The van der Waals surface area contributed by atoms with Crippen molar-refractivity contribution in [3.8, 4) is 0 Å². The summed E-state index contributed by atoms with van der Waals surface area (Å²) in [5, 5.41) is 13.9. The molecule has 0 spiro atoms. The highest BCUT2D eigenvalue weighted by Crippen LogP contribution is 2.38. The summed E-state index contributed by atoms with van der Waals surface area (Å²) in [5.41, 5.74) is 0. The minimum Gasteiger partial charge on any atom is -0.756 e. The van der Waals surface area contributed by atoms with Crippen LogP contribution in [-0.4, -0.2) is 68.5 Å². The van der Waals surface area contributed by atoms with Gasteiger partial charge in [-0.2, -0.15) is 0 Å². The average Bonchev–Trinajstić information content (AvgIpc) is 3.26. The van der Waals surface area contributed by atoms with Crippen molar-refractivity contribution < 1.29 is 32.9 Å². The Labute approximate surface area is 405 Å². The third-order valence-corrected chi connectivity index (χ3v) is 14.2. The predicted octanol–water partition coefficient (Wildman–Crippen LogP) is 16.4. The Kier molecular flexibility index (Phi) is 47.7. The number of nitrogens with zero attached hydrogens (tertiary/aromatic N) is 1. The molecular weight excluding hydrogens is 828 g/mol. The summed E-state index contributed by atoms with van der Waals surface area (Å²) in [4.78, 5) is 25.4. The fraction of sp³-hybridized carbons (Fsp3) is 0.946. The molecule has 388 valence electrons. The second-order valence-electron chi connectivity index (χ2n) is 21.0. The van der Waals surface area contributed by atoms with Crippen LogP contribution >= 0.6 is 7.82 Å². The number of allylic oxidation sites excluding steroid dienone is 1. The lowest BCUT2D eigenvalue weighted by Crippen LogP contribution is -2.45. The van der Waals surface area contributed by atoms with Crippen LogP contribution in [0.25, 0.3) is 0 Å². The van der Waals surface area contributed by atoms with Crippen molar-refractivity contribution in [2.24, 2.45) is 0 Å². The lowest BCUT2D eigenvalue weighted by molar-refractivity contribution is -0.870. The zero-order valence-corrected chi connectivity index (χ0v) is 45.1. The summed E-state index contributed by atoms with van der Waals surface area (Å²) in [6.07, 6.45) is 58.7. The SMILES string of the molecule is CCCCCCCCCCCCCC/C=C/C(O)C(COP(=O)([O-])OCC[N+](C)(C)C)NC(=O)CCCCCCCCCCCCCCCCCCCCCCCCCCCCCCC. The average molecular weight is 942 g/mol. The Morgan fingerprint density at radius 2 is 0.831 bits per heavy atom. The number of aliphatic hydroxyl groups excluding tert-OH is 1. The summed E-state index contributed by atoms with van der Waals surface area (Å²) in [6.45, 7) is 4.69. The van der Waals surface area contributed by atoms with Gasteiger partial charge in [0.2, 0.25) is 5.91 Å². The fourth-order valence-corrected chi connectivity index (χ4v) is 9.47. The predicted molar refractivity (Wildman–Crippen MR) is 279 cm³/mol. The summed E-state index contributed by atoms with van der Waals surface area (Å²) in [7, 11) is 1.28. The van der Waals surface area contributed by atoms with Gasteiger partial charge in [0.1, 0.15) is 13.2 Å². The van der Waals surface area contributed by atoms with Crippen LogP contribution in [0.1, 0.15) is 290 Å². The Morgan fingerprint density at radius 1 is 0.523 bits per heavy atom. The van der Waals surface area contributed by atoms with Crippen LogP contribution in [0, 0.1) is 0 Å². The topological polar surface area (TPSA) is 108 Å². The number of carbonyl (C=O) groups is 1. The molecule has 1 amide bonds. The number of quaternary nitrogens is 1. The monoisotopic (exact) mass is 941 g/mol. The molecule has 0 aliphatic carbocycles. The number of hydrogen-bond acceptors (Lipinski definition) is 6. The number of carbonyl (C=O) groups excluding carboxylic acids is 1. The molecule has 0 aliphatic rings. The highest BCUT2D eigenvalue weighted by atomic mass is 31.2. The first-order chi connectivity index (χ1) is 31.5. The standard InChI is InChI=1S/C56H113N2O6P/c1-6-8-10-12-14-16-18-20-22-23-24-25-26-27-28-29-30-31-32-33-34-35-36-38-40-42-44-46-48-50-56(60)57-54(53-64-65(61,62)63-52-51-58(3,4)5)55(59)49-47-45-43-41-39-37-21-19-17-15-13-11-9-7-2/h47,49,54-55,59H,6-46,48,50-53H2,1-5H3,(H-,57,60,61,62)/b49-47+. The van der Waals surface area contributed by atoms with Gasteiger partial charge in [-0.3, -0.25) is 9.36 Å². The van der Waals surface area contributed by atoms with Gasteiger partial charge in [0.25, 0.3) is 7.82 Å². The third-order valence-electron chi connectivity index (χ3n) is 13.2. The normalized spacial score (nSPS) is 14.0. The molecule has 0 rings (SSSR count). The minimum absolute atomic E-state index is 0.00246. The van der Waals surface area contributed by atoms with Crippen LogP contribution in [0.5, 0.6) is 0 Å². The Balaban J connectivity index is 4.05. The zero-order valence-electron chi connectivity index (χ0n) is 44.2. The summed E-state index contributed by atoms with van der Waals surface area (Å²) in [5.74, 6) is -0.191. The quantitative estimate of drug-likeness (QED) is 0.0272. The molecule has 8 nitrogen and oxygen atoms in total. The molecular formula is C56H113N2O6P. The van der Waals surface area contributed by atoms with E-state index in [-0.39, 0.29) is 19.1 Å². The summed E-state index contributed by atoms with van der Waals surface area (Å²) in [6, 6.07) is -0.881.